The zero-order valence-corrected chi connectivity index (χ0v) is 17.4. The molecule has 0 aromatic heterocycles. The number of halogens is 1. The third kappa shape index (κ3) is 4.30. The number of benzene rings is 1. The highest BCUT2D eigenvalue weighted by Crippen LogP contribution is 2.29. The summed E-state index contributed by atoms with van der Waals surface area (Å²) in [6, 6.07) is 8.17. The van der Waals surface area contributed by atoms with Gasteiger partial charge in [0.25, 0.3) is 5.91 Å². The Morgan fingerprint density at radius 1 is 1.04 bits per heavy atom. The Morgan fingerprint density at radius 2 is 1.62 bits per heavy atom. The summed E-state index contributed by atoms with van der Waals surface area (Å²) < 4.78 is 0.971. The zero-order valence-electron chi connectivity index (χ0n) is 15.8. The van der Waals surface area contributed by atoms with Crippen molar-refractivity contribution >= 4 is 27.7 Å². The van der Waals surface area contributed by atoms with Gasteiger partial charge >= 0.3 is 0 Å². The molecule has 0 unspecified atom stereocenters. The Balaban J connectivity index is 1.59. The summed E-state index contributed by atoms with van der Waals surface area (Å²) in [5.74, 6) is 0.439. The molecule has 2 aliphatic rings. The highest BCUT2D eigenvalue weighted by atomic mass is 79.9. The molecule has 0 radical (unpaired) electrons. The Kier molecular flexibility index (Phi) is 6.38. The predicted octanol–water partition coefficient (Wildman–Crippen LogP) is 4.48. The van der Waals surface area contributed by atoms with Crippen LogP contribution in [-0.4, -0.2) is 46.8 Å². The van der Waals surface area contributed by atoms with E-state index in [0.717, 1.165) is 30.2 Å². The Labute approximate surface area is 165 Å². The predicted molar refractivity (Wildman–Crippen MR) is 107 cm³/mol. The van der Waals surface area contributed by atoms with Gasteiger partial charge in [-0.15, -0.1) is 0 Å². The average Bonchev–Trinajstić information content (AvgIpc) is 3.16. The van der Waals surface area contributed by atoms with Gasteiger partial charge in [0.1, 0.15) is 0 Å². The molecule has 1 aromatic rings. The van der Waals surface area contributed by atoms with Crippen LogP contribution in [0.15, 0.2) is 28.7 Å². The van der Waals surface area contributed by atoms with Crippen LogP contribution in [0.25, 0.3) is 0 Å². The lowest BCUT2D eigenvalue weighted by Crippen LogP contribution is -2.49. The van der Waals surface area contributed by atoms with E-state index in [9.17, 15) is 9.59 Å². The van der Waals surface area contributed by atoms with Crippen LogP contribution in [0.5, 0.6) is 0 Å². The highest BCUT2D eigenvalue weighted by Gasteiger charge is 2.35. The van der Waals surface area contributed by atoms with Gasteiger partial charge in [-0.05, 0) is 63.8 Å². The fraction of sp³-hybridized carbons (Fsp3) is 0.619. The monoisotopic (exact) mass is 420 g/mol. The molecular weight excluding hydrogens is 392 g/mol. The number of hydrogen-bond acceptors (Lipinski definition) is 2. The molecule has 142 valence electrons. The standard InChI is InChI=1S/C21H29BrN2O2/c1-15(2)24(19-5-3-4-6-19)21(26)17-11-13-23(14-12-17)20(25)16-7-9-18(22)10-8-16/h7-10,15,17,19H,3-6,11-14H2,1-2H3. The molecule has 0 atom stereocenters. The van der Waals surface area contributed by atoms with Crippen molar-refractivity contribution in [1.82, 2.24) is 9.80 Å². The average molecular weight is 421 g/mol. The molecule has 1 aliphatic carbocycles. The van der Waals surface area contributed by atoms with Gasteiger partial charge in [0, 0.05) is 41.1 Å². The molecule has 2 amide bonds. The minimum absolute atomic E-state index is 0.0620. The maximum Gasteiger partial charge on any atom is 0.253 e. The van der Waals surface area contributed by atoms with Crippen LogP contribution < -0.4 is 0 Å². The van der Waals surface area contributed by atoms with Gasteiger partial charge in [-0.2, -0.15) is 0 Å². The molecule has 2 fully saturated rings. The van der Waals surface area contributed by atoms with E-state index in [2.05, 4.69) is 34.7 Å². The molecule has 4 nitrogen and oxygen atoms in total. The molecule has 0 spiro atoms. The first kappa shape index (κ1) is 19.4. The molecule has 1 saturated carbocycles. The lowest BCUT2D eigenvalue weighted by Gasteiger charge is -2.38. The van der Waals surface area contributed by atoms with E-state index < -0.39 is 0 Å². The molecule has 1 aliphatic heterocycles. The van der Waals surface area contributed by atoms with Gasteiger partial charge in [-0.1, -0.05) is 28.8 Å². The van der Waals surface area contributed by atoms with Crippen molar-refractivity contribution in [1.29, 1.82) is 0 Å². The second-order valence-corrected chi connectivity index (χ2v) is 8.77. The van der Waals surface area contributed by atoms with Crippen molar-refractivity contribution in [3.8, 4) is 0 Å². The number of amides is 2. The summed E-state index contributed by atoms with van der Waals surface area (Å²) in [6.45, 7) is 5.59. The van der Waals surface area contributed by atoms with Crippen LogP contribution in [0.3, 0.4) is 0 Å². The third-order valence-electron chi connectivity index (χ3n) is 5.75. The van der Waals surface area contributed by atoms with Crippen LogP contribution >= 0.6 is 15.9 Å². The van der Waals surface area contributed by atoms with Crippen molar-refractivity contribution in [3.05, 3.63) is 34.3 Å². The normalized spacial score (nSPS) is 19.2. The van der Waals surface area contributed by atoms with Crippen molar-refractivity contribution < 1.29 is 9.59 Å². The second-order valence-electron chi connectivity index (χ2n) is 7.85. The van der Waals surface area contributed by atoms with Gasteiger partial charge in [0.15, 0.2) is 0 Å². The van der Waals surface area contributed by atoms with Crippen LogP contribution in [0, 0.1) is 5.92 Å². The molecule has 1 aromatic carbocycles. The summed E-state index contributed by atoms with van der Waals surface area (Å²) in [6.07, 6.45) is 6.31. The first-order chi connectivity index (χ1) is 12.5. The molecule has 3 rings (SSSR count). The van der Waals surface area contributed by atoms with E-state index in [1.54, 1.807) is 0 Å². The van der Waals surface area contributed by atoms with Crippen molar-refractivity contribution in [2.24, 2.45) is 5.92 Å². The van der Waals surface area contributed by atoms with Gasteiger partial charge in [-0.3, -0.25) is 9.59 Å². The summed E-state index contributed by atoms with van der Waals surface area (Å²) in [5.41, 5.74) is 0.715. The lowest BCUT2D eigenvalue weighted by atomic mass is 9.93. The van der Waals surface area contributed by atoms with E-state index in [4.69, 9.17) is 0 Å². The largest absolute Gasteiger partial charge is 0.339 e. The van der Waals surface area contributed by atoms with Gasteiger partial charge < -0.3 is 9.80 Å². The van der Waals surface area contributed by atoms with Crippen molar-refractivity contribution in [3.63, 3.8) is 0 Å². The van der Waals surface area contributed by atoms with Gasteiger partial charge in [0.05, 0.1) is 0 Å². The van der Waals surface area contributed by atoms with Crippen LogP contribution in [0.4, 0.5) is 0 Å². The number of carbonyl (C=O) groups excluding carboxylic acids is 2. The number of rotatable bonds is 4. The molecule has 1 saturated heterocycles. The van der Waals surface area contributed by atoms with Crippen LogP contribution in [0.1, 0.15) is 62.7 Å². The van der Waals surface area contributed by atoms with Gasteiger partial charge in [0.2, 0.25) is 5.91 Å². The fourth-order valence-corrected chi connectivity index (χ4v) is 4.62. The molecule has 1 heterocycles. The molecule has 0 N–H and O–H groups in total. The maximum absolute atomic E-state index is 13.1. The Morgan fingerprint density at radius 3 is 2.15 bits per heavy atom. The van der Waals surface area contributed by atoms with E-state index in [-0.39, 0.29) is 17.9 Å². The minimum Gasteiger partial charge on any atom is -0.339 e. The van der Waals surface area contributed by atoms with E-state index in [1.165, 1.54) is 12.8 Å². The van der Waals surface area contributed by atoms with Gasteiger partial charge in [-0.25, -0.2) is 0 Å². The van der Waals surface area contributed by atoms with Crippen molar-refractivity contribution in [2.75, 3.05) is 13.1 Å². The summed E-state index contributed by atoms with van der Waals surface area (Å²) >= 11 is 3.40. The lowest BCUT2D eigenvalue weighted by molar-refractivity contribution is -0.141. The summed E-state index contributed by atoms with van der Waals surface area (Å²) in [4.78, 5) is 29.8. The number of likely N-dealkylation sites (tertiary alicyclic amines) is 1. The smallest absolute Gasteiger partial charge is 0.253 e. The SMILES string of the molecule is CC(C)N(C(=O)C1CCN(C(=O)c2ccc(Br)cc2)CC1)C1CCCC1. The summed E-state index contributed by atoms with van der Waals surface area (Å²) in [5, 5.41) is 0. The Bertz CT molecular complexity index is 630. The van der Waals surface area contributed by atoms with E-state index in [0.29, 0.717) is 30.6 Å². The van der Waals surface area contributed by atoms with Crippen molar-refractivity contribution in [2.45, 2.75) is 64.5 Å². The number of hydrogen-bond donors (Lipinski definition) is 0. The van der Waals surface area contributed by atoms with E-state index in [1.807, 2.05) is 29.2 Å². The number of nitrogens with zero attached hydrogens (tertiary/aromatic N) is 2. The number of carbonyl (C=O) groups is 2. The minimum atomic E-state index is 0.0620. The first-order valence-electron chi connectivity index (χ1n) is 9.84. The fourth-order valence-electron chi connectivity index (χ4n) is 4.35. The molecule has 0 bridgehead atoms. The topological polar surface area (TPSA) is 40.6 Å². The first-order valence-corrected chi connectivity index (χ1v) is 10.6. The quantitative estimate of drug-likeness (QED) is 0.719. The summed E-state index contributed by atoms with van der Waals surface area (Å²) in [7, 11) is 0. The second kappa shape index (κ2) is 8.55. The highest BCUT2D eigenvalue weighted by molar-refractivity contribution is 9.10. The molecular formula is C21H29BrN2O2. The molecule has 5 heteroatoms. The number of piperidine rings is 1. The van der Waals surface area contributed by atoms with Crippen LogP contribution in [-0.2, 0) is 4.79 Å². The van der Waals surface area contributed by atoms with Crippen LogP contribution in [0.2, 0.25) is 0 Å². The maximum atomic E-state index is 13.1. The molecule has 26 heavy (non-hydrogen) atoms. The zero-order chi connectivity index (χ0) is 18.7. The third-order valence-corrected chi connectivity index (χ3v) is 6.28. The Hall–Kier alpha value is -1.36. The van der Waals surface area contributed by atoms with E-state index >= 15 is 0 Å².